The summed E-state index contributed by atoms with van der Waals surface area (Å²) in [5.41, 5.74) is -6.30. The molecule has 0 bridgehead atoms. The lowest BCUT2D eigenvalue weighted by Crippen LogP contribution is -2.73. The highest BCUT2D eigenvalue weighted by molar-refractivity contribution is 6.03. The van der Waals surface area contributed by atoms with E-state index < -0.39 is 68.7 Å². The maximum atomic E-state index is 14.2. The Labute approximate surface area is 268 Å². The first kappa shape index (κ1) is 35.4. The Balaban J connectivity index is 1.91. The Kier molecular flexibility index (Phi) is 9.19. The molecule has 0 radical (unpaired) electrons. The Bertz CT molecular complexity index is 1330. The SMILES string of the molecule is C=C(C)C(=O)[C@@]1(O)CC[C@@]2(C)[C@@H](C1)C[C@](O)(C(=O)C(=C)C)[C@@H]1[C@@H]2C[C@@](O)(C(=O)C(=C)C)[C@]2(C)[C@@H]([C@H](C)CCC(=O)OC)CC[C@@H]12. The van der Waals surface area contributed by atoms with E-state index in [1.54, 1.807) is 20.8 Å². The van der Waals surface area contributed by atoms with Crippen LogP contribution in [0.5, 0.6) is 0 Å². The third-order valence-electron chi connectivity index (χ3n) is 13.2. The number of esters is 1. The normalized spacial score (nSPS) is 42.8. The van der Waals surface area contributed by atoms with Gasteiger partial charge in [0.15, 0.2) is 17.3 Å². The summed E-state index contributed by atoms with van der Waals surface area (Å²) in [6.45, 7) is 22.4. The molecule has 4 rings (SSSR count). The molecule has 0 spiro atoms. The zero-order chi connectivity index (χ0) is 34.1. The first-order valence-electron chi connectivity index (χ1n) is 16.5. The molecule has 8 nitrogen and oxygen atoms in total. The largest absolute Gasteiger partial charge is 0.469 e. The van der Waals surface area contributed by atoms with Crippen molar-refractivity contribution in [3.63, 3.8) is 0 Å². The minimum atomic E-state index is -1.87. The predicted octanol–water partition coefficient (Wildman–Crippen LogP) is 5.08. The standard InChI is InChI=1S/C37H54O8/c1-20(2)30(39)35(42)16-15-33(8)24(17-35)18-36(43,31(40)21(3)4)29-26-13-12-25(23(7)11-14-28(38)45-10)34(26,9)37(44,19-27(29)33)32(41)22(5)6/h23-27,29,42-44H,1,3,5,11-19H2,2,4,6-10H3/t23-,24+,25-,26+,27+,29+,33+,34-,35-,36-,37-/m1/s1. The van der Waals surface area contributed by atoms with Gasteiger partial charge in [-0.2, -0.15) is 0 Å². The van der Waals surface area contributed by atoms with Crippen LogP contribution in [0.3, 0.4) is 0 Å². The van der Waals surface area contributed by atoms with E-state index >= 15 is 0 Å². The topological polar surface area (TPSA) is 138 Å². The molecule has 8 heteroatoms. The van der Waals surface area contributed by atoms with Gasteiger partial charge in [0.1, 0.15) is 16.8 Å². The minimum Gasteiger partial charge on any atom is -0.469 e. The number of rotatable bonds is 10. The summed E-state index contributed by atoms with van der Waals surface area (Å²) in [6, 6.07) is 0. The van der Waals surface area contributed by atoms with Gasteiger partial charge in [-0.3, -0.25) is 19.2 Å². The fraction of sp³-hybridized carbons (Fsp3) is 0.730. The van der Waals surface area contributed by atoms with Gasteiger partial charge >= 0.3 is 5.97 Å². The molecule has 4 aliphatic rings. The highest BCUT2D eigenvalue weighted by Gasteiger charge is 2.76. The zero-order valence-electron chi connectivity index (χ0n) is 28.3. The van der Waals surface area contributed by atoms with E-state index in [1.165, 1.54) is 7.11 Å². The van der Waals surface area contributed by atoms with E-state index in [4.69, 9.17) is 4.74 Å². The van der Waals surface area contributed by atoms with Crippen LogP contribution in [0.4, 0.5) is 0 Å². The van der Waals surface area contributed by atoms with E-state index in [1.807, 2.05) is 13.8 Å². The maximum absolute atomic E-state index is 14.2. The number of carbonyl (C=O) groups excluding carboxylic acids is 4. The van der Waals surface area contributed by atoms with Crippen molar-refractivity contribution >= 4 is 23.3 Å². The van der Waals surface area contributed by atoms with Crippen molar-refractivity contribution in [2.45, 2.75) is 116 Å². The molecular weight excluding hydrogens is 572 g/mol. The van der Waals surface area contributed by atoms with Gasteiger partial charge in [0.25, 0.3) is 0 Å². The average Bonchev–Trinajstić information content (AvgIpc) is 3.34. The smallest absolute Gasteiger partial charge is 0.305 e. The summed E-state index contributed by atoms with van der Waals surface area (Å²) in [4.78, 5) is 53.5. The fourth-order valence-electron chi connectivity index (χ4n) is 10.8. The molecule has 0 saturated heterocycles. The molecule has 0 unspecified atom stereocenters. The fourth-order valence-corrected chi connectivity index (χ4v) is 10.8. The van der Waals surface area contributed by atoms with Crippen LogP contribution in [0.2, 0.25) is 0 Å². The van der Waals surface area contributed by atoms with E-state index in [0.717, 1.165) is 0 Å². The third kappa shape index (κ3) is 5.14. The summed E-state index contributed by atoms with van der Waals surface area (Å²) in [6.07, 6.45) is 2.67. The van der Waals surface area contributed by atoms with Crippen LogP contribution in [0.25, 0.3) is 0 Å². The first-order chi connectivity index (χ1) is 20.7. The van der Waals surface area contributed by atoms with Gasteiger partial charge in [-0.25, -0.2) is 0 Å². The Morgan fingerprint density at radius 3 is 1.93 bits per heavy atom. The van der Waals surface area contributed by atoms with Crippen LogP contribution < -0.4 is 0 Å². The third-order valence-corrected chi connectivity index (χ3v) is 13.2. The van der Waals surface area contributed by atoms with E-state index in [9.17, 15) is 34.5 Å². The number of ether oxygens (including phenoxy) is 1. The molecule has 0 aromatic heterocycles. The zero-order valence-corrected chi connectivity index (χ0v) is 28.3. The summed E-state index contributed by atoms with van der Waals surface area (Å²) < 4.78 is 4.88. The second-order valence-electron chi connectivity index (χ2n) is 15.8. The Hall–Kier alpha value is -2.42. The molecule has 250 valence electrons. The maximum Gasteiger partial charge on any atom is 0.305 e. The van der Waals surface area contributed by atoms with Crippen LogP contribution in [-0.2, 0) is 23.9 Å². The number of methoxy groups -OCH3 is 1. The average molecular weight is 627 g/mol. The summed E-state index contributed by atoms with van der Waals surface area (Å²) in [5.74, 6) is -3.82. The van der Waals surface area contributed by atoms with Crippen LogP contribution in [0.15, 0.2) is 36.5 Å². The number of Topliss-reactive ketones (excluding diaryl/α,β-unsaturated/α-hetero) is 3. The van der Waals surface area contributed by atoms with Crippen molar-refractivity contribution in [2.24, 2.45) is 46.3 Å². The molecule has 4 saturated carbocycles. The number of hydrogen-bond acceptors (Lipinski definition) is 8. The first-order valence-corrected chi connectivity index (χ1v) is 16.5. The number of fused-ring (bicyclic) bond motifs is 5. The predicted molar refractivity (Wildman–Crippen MR) is 171 cm³/mol. The van der Waals surface area contributed by atoms with Gasteiger partial charge in [-0.05, 0) is 124 Å². The minimum absolute atomic E-state index is 0.0161. The molecule has 0 aliphatic heterocycles. The molecule has 11 atom stereocenters. The van der Waals surface area contributed by atoms with Crippen molar-refractivity contribution in [1.82, 2.24) is 0 Å². The monoisotopic (exact) mass is 626 g/mol. The molecule has 0 amide bonds. The van der Waals surface area contributed by atoms with Crippen LogP contribution in [0.1, 0.15) is 99.3 Å². The molecule has 4 fully saturated rings. The van der Waals surface area contributed by atoms with E-state index in [0.29, 0.717) is 25.7 Å². The van der Waals surface area contributed by atoms with Crippen molar-refractivity contribution < 1.29 is 39.2 Å². The van der Waals surface area contributed by atoms with Crippen molar-refractivity contribution in [1.29, 1.82) is 0 Å². The Morgan fingerprint density at radius 2 is 1.40 bits per heavy atom. The molecular formula is C37H54O8. The van der Waals surface area contributed by atoms with Crippen LogP contribution in [0, 0.1) is 46.3 Å². The van der Waals surface area contributed by atoms with Crippen LogP contribution in [-0.4, -0.2) is 62.6 Å². The highest BCUT2D eigenvalue weighted by atomic mass is 16.5. The quantitative estimate of drug-likeness (QED) is 0.225. The van der Waals surface area contributed by atoms with Gasteiger partial charge in [0.2, 0.25) is 0 Å². The number of carbonyl (C=O) groups is 4. The lowest BCUT2D eigenvalue weighted by Gasteiger charge is -2.68. The molecule has 0 aromatic carbocycles. The van der Waals surface area contributed by atoms with Crippen LogP contribution >= 0.6 is 0 Å². The van der Waals surface area contributed by atoms with E-state index in [-0.39, 0.29) is 66.6 Å². The molecule has 45 heavy (non-hydrogen) atoms. The van der Waals surface area contributed by atoms with Crippen molar-refractivity contribution in [2.75, 3.05) is 7.11 Å². The summed E-state index contributed by atoms with van der Waals surface area (Å²) in [5, 5.41) is 37.2. The molecule has 0 aromatic rings. The van der Waals surface area contributed by atoms with Crippen molar-refractivity contribution in [3.8, 4) is 0 Å². The second-order valence-corrected chi connectivity index (χ2v) is 15.8. The summed E-state index contributed by atoms with van der Waals surface area (Å²) in [7, 11) is 1.35. The molecule has 3 N–H and O–H groups in total. The second kappa shape index (κ2) is 11.7. The number of hydrogen-bond donors (Lipinski definition) is 3. The Morgan fingerprint density at radius 1 is 0.822 bits per heavy atom. The van der Waals surface area contributed by atoms with Gasteiger partial charge in [0, 0.05) is 17.8 Å². The van der Waals surface area contributed by atoms with Gasteiger partial charge in [-0.15, -0.1) is 0 Å². The van der Waals surface area contributed by atoms with Gasteiger partial charge in [0.05, 0.1) is 7.11 Å². The van der Waals surface area contributed by atoms with Gasteiger partial charge in [-0.1, -0.05) is 40.5 Å². The van der Waals surface area contributed by atoms with Gasteiger partial charge < -0.3 is 20.1 Å². The molecule has 4 aliphatic carbocycles. The van der Waals surface area contributed by atoms with E-state index in [2.05, 4.69) is 26.7 Å². The van der Waals surface area contributed by atoms with Crippen molar-refractivity contribution in [3.05, 3.63) is 36.5 Å². The number of aliphatic hydroxyl groups is 3. The lowest BCUT2D eigenvalue weighted by molar-refractivity contribution is -0.261. The summed E-state index contributed by atoms with van der Waals surface area (Å²) >= 11 is 0. The molecule has 0 heterocycles. The number of ketones is 3. The highest BCUT2D eigenvalue weighted by Crippen LogP contribution is 2.73. The lowest BCUT2D eigenvalue weighted by atomic mass is 9.36.